The van der Waals surface area contributed by atoms with E-state index in [0.717, 1.165) is 77.0 Å². The molecule has 0 aromatic carbocycles. The highest BCUT2D eigenvalue weighted by molar-refractivity contribution is 6.07. The first kappa shape index (κ1) is 66.9. The third-order valence-electron chi connectivity index (χ3n) is 16.8. The van der Waals surface area contributed by atoms with Crippen molar-refractivity contribution in [1.29, 1.82) is 0 Å². The van der Waals surface area contributed by atoms with Crippen molar-refractivity contribution >= 4 is 11.9 Å². The number of nitrogens with two attached hydrogens (primary N) is 2. The van der Waals surface area contributed by atoms with Crippen molar-refractivity contribution < 1.29 is 9.59 Å². The van der Waals surface area contributed by atoms with Crippen LogP contribution in [0.25, 0.3) is 0 Å². The maximum absolute atomic E-state index is 15.7. The summed E-state index contributed by atoms with van der Waals surface area (Å²) in [6, 6.07) is -0.171. The summed E-state index contributed by atoms with van der Waals surface area (Å²) in [5, 5.41) is 0. The lowest BCUT2D eigenvalue weighted by atomic mass is 9.85. The number of hydrogen-bond acceptors (Lipinski definition) is 4. The van der Waals surface area contributed by atoms with Crippen LogP contribution in [-0.2, 0) is 4.79 Å². The molecule has 1 saturated heterocycles. The van der Waals surface area contributed by atoms with Gasteiger partial charge in [0.25, 0.3) is 5.91 Å². The molecule has 0 saturated carbocycles. The lowest BCUT2D eigenvalue weighted by Gasteiger charge is -2.46. The van der Waals surface area contributed by atoms with Crippen molar-refractivity contribution in [3.8, 4) is 0 Å². The topological polar surface area (TPSA) is 92.7 Å². The number of amides is 3. The first-order chi connectivity index (χ1) is 34.1. The molecule has 416 valence electrons. The molecular formula is C64H128N4O2. The van der Waals surface area contributed by atoms with Gasteiger partial charge in [-0.2, -0.15) is 0 Å². The van der Waals surface area contributed by atoms with Gasteiger partial charge in [-0.3, -0.25) is 9.69 Å². The number of carbonyl (C=O) groups is 2. The maximum Gasteiger partial charge on any atom is 0.330 e. The fourth-order valence-corrected chi connectivity index (χ4v) is 12.0. The van der Waals surface area contributed by atoms with Crippen LogP contribution in [0.3, 0.4) is 0 Å². The van der Waals surface area contributed by atoms with E-state index in [1.165, 1.54) is 244 Å². The Balaban J connectivity index is 3.40. The summed E-state index contributed by atoms with van der Waals surface area (Å²) in [4.78, 5) is 34.9. The van der Waals surface area contributed by atoms with Crippen LogP contribution >= 0.6 is 0 Å². The maximum atomic E-state index is 15.7. The van der Waals surface area contributed by atoms with Gasteiger partial charge in [0.1, 0.15) is 11.2 Å². The lowest BCUT2D eigenvalue weighted by Crippen LogP contribution is -2.64. The molecule has 1 atom stereocenters. The van der Waals surface area contributed by atoms with Crippen molar-refractivity contribution in [2.45, 2.75) is 399 Å². The predicted octanol–water partition coefficient (Wildman–Crippen LogP) is 21.1. The summed E-state index contributed by atoms with van der Waals surface area (Å²) in [7, 11) is 0. The molecule has 0 spiro atoms. The molecule has 0 aliphatic carbocycles. The predicted molar refractivity (Wildman–Crippen MR) is 309 cm³/mol. The zero-order valence-corrected chi connectivity index (χ0v) is 48.8. The van der Waals surface area contributed by atoms with Gasteiger partial charge in [-0.1, -0.05) is 317 Å². The minimum atomic E-state index is -0.987. The quantitative estimate of drug-likeness (QED) is 0.0469. The summed E-state index contributed by atoms with van der Waals surface area (Å²) >= 11 is 0. The molecule has 1 heterocycles. The highest BCUT2D eigenvalue weighted by Gasteiger charge is 2.62. The number of carbonyl (C=O) groups excluding carboxylic acids is 2. The van der Waals surface area contributed by atoms with E-state index in [9.17, 15) is 0 Å². The van der Waals surface area contributed by atoms with E-state index >= 15 is 9.59 Å². The van der Waals surface area contributed by atoms with Crippen LogP contribution in [0.2, 0.25) is 0 Å². The number of urea groups is 1. The Morgan fingerprint density at radius 3 is 0.757 bits per heavy atom. The van der Waals surface area contributed by atoms with Gasteiger partial charge in [0.2, 0.25) is 0 Å². The Morgan fingerprint density at radius 2 is 0.514 bits per heavy atom. The molecule has 3 amide bonds. The lowest BCUT2D eigenvalue weighted by molar-refractivity contribution is -0.139. The number of unbranched alkanes of at least 4 members (excludes halogenated alkanes) is 43. The number of hydrogen-bond donors (Lipinski definition) is 2. The average molecular weight is 986 g/mol. The van der Waals surface area contributed by atoms with Crippen LogP contribution in [0.15, 0.2) is 0 Å². The van der Waals surface area contributed by atoms with Gasteiger partial charge in [-0.05, 0) is 64.7 Å². The van der Waals surface area contributed by atoms with Crippen molar-refractivity contribution in [3.05, 3.63) is 0 Å². The standard InChI is InChI=1S/C64H128N4O2/c1-7-12-17-22-27-32-36-41-46-51-56-63(65,57-52-47-42-37-33-28-23-18-13-8-2)67-60(69)62(6,55-50-45-40-31-26-21-16-11-5)68(61(67)70)64(66,58-53-48-43-38-34-29-24-19-14-9-3)59-54-49-44-39-35-30-25-20-15-10-4/h7-59,65-66H2,1-6H3. The molecule has 1 unspecified atom stereocenters. The monoisotopic (exact) mass is 985 g/mol. The molecule has 1 fully saturated rings. The smallest absolute Gasteiger partial charge is 0.309 e. The third kappa shape index (κ3) is 30.3. The second-order valence-corrected chi connectivity index (χ2v) is 23.7. The van der Waals surface area contributed by atoms with Gasteiger partial charge in [0.05, 0.1) is 5.66 Å². The Bertz CT molecular complexity index is 1130. The first-order valence-corrected chi connectivity index (χ1v) is 32.4. The van der Waals surface area contributed by atoms with Crippen LogP contribution in [0.1, 0.15) is 382 Å². The van der Waals surface area contributed by atoms with E-state index in [0.29, 0.717) is 19.3 Å². The fourth-order valence-electron chi connectivity index (χ4n) is 12.0. The van der Waals surface area contributed by atoms with Crippen LogP contribution in [0.4, 0.5) is 4.79 Å². The van der Waals surface area contributed by atoms with Gasteiger partial charge in [-0.25, -0.2) is 9.69 Å². The van der Waals surface area contributed by atoms with Gasteiger partial charge in [0.15, 0.2) is 0 Å². The average Bonchev–Trinajstić information content (AvgIpc) is 3.55. The largest absolute Gasteiger partial charge is 0.330 e. The van der Waals surface area contributed by atoms with E-state index in [2.05, 4.69) is 41.5 Å². The van der Waals surface area contributed by atoms with Gasteiger partial charge < -0.3 is 11.5 Å². The molecule has 0 bridgehead atoms. The number of rotatable bonds is 55. The second-order valence-electron chi connectivity index (χ2n) is 23.7. The highest BCUT2D eigenvalue weighted by Crippen LogP contribution is 2.44. The molecule has 0 radical (unpaired) electrons. The number of nitrogens with zero attached hydrogens (tertiary/aromatic N) is 2. The van der Waals surface area contributed by atoms with E-state index in [4.69, 9.17) is 11.5 Å². The van der Waals surface area contributed by atoms with Crippen molar-refractivity contribution in [2.75, 3.05) is 0 Å². The minimum absolute atomic E-state index is 0.0527. The van der Waals surface area contributed by atoms with Gasteiger partial charge in [0, 0.05) is 0 Å². The molecule has 6 heteroatoms. The van der Waals surface area contributed by atoms with Crippen molar-refractivity contribution in [2.24, 2.45) is 11.5 Å². The number of imide groups is 1. The van der Waals surface area contributed by atoms with Crippen molar-refractivity contribution in [3.63, 3.8) is 0 Å². The molecule has 6 nitrogen and oxygen atoms in total. The van der Waals surface area contributed by atoms with Crippen molar-refractivity contribution in [1.82, 2.24) is 9.80 Å². The Labute approximate surface area is 439 Å². The SMILES string of the molecule is CCCCCCCCCCCCC(N)(CCCCCCCCCCCC)N1C(=O)N(C(N)(CCCCCCCCCCCC)CCCCCCCCCCCC)C(C)(CCCCCCCCCC)C1=O. The molecule has 0 aromatic heterocycles. The zero-order chi connectivity index (χ0) is 51.3. The van der Waals surface area contributed by atoms with Crippen LogP contribution in [-0.4, -0.2) is 38.6 Å². The minimum Gasteiger partial charge on any atom is -0.309 e. The van der Waals surface area contributed by atoms with E-state index in [1.807, 2.05) is 4.90 Å². The Kier molecular flexibility index (Phi) is 43.2. The third-order valence-corrected chi connectivity index (χ3v) is 16.8. The first-order valence-electron chi connectivity index (χ1n) is 32.4. The molecule has 1 rings (SSSR count). The summed E-state index contributed by atoms with van der Waals surface area (Å²) in [6.45, 7) is 13.6. The summed E-state index contributed by atoms with van der Waals surface area (Å²) in [5.74, 6) is -0.0527. The van der Waals surface area contributed by atoms with Crippen LogP contribution < -0.4 is 11.5 Å². The Hall–Kier alpha value is -1.14. The van der Waals surface area contributed by atoms with E-state index < -0.39 is 16.9 Å². The second kappa shape index (κ2) is 45.3. The summed E-state index contributed by atoms with van der Waals surface area (Å²) < 4.78 is 0. The van der Waals surface area contributed by atoms with E-state index in [-0.39, 0.29) is 11.9 Å². The Morgan fingerprint density at radius 1 is 0.314 bits per heavy atom. The molecule has 4 N–H and O–H groups in total. The van der Waals surface area contributed by atoms with Crippen LogP contribution in [0.5, 0.6) is 0 Å². The summed E-state index contributed by atoms with van der Waals surface area (Å²) in [6.07, 6.45) is 63.7. The molecular weight excluding hydrogens is 857 g/mol. The zero-order valence-electron chi connectivity index (χ0n) is 48.8. The highest BCUT2D eigenvalue weighted by atomic mass is 16.2. The molecule has 0 aromatic rings. The summed E-state index contributed by atoms with van der Waals surface area (Å²) in [5.41, 5.74) is 12.7. The van der Waals surface area contributed by atoms with Crippen LogP contribution in [0, 0.1) is 0 Å². The normalized spacial score (nSPS) is 15.7. The molecule has 1 aliphatic rings. The molecule has 70 heavy (non-hydrogen) atoms. The van der Waals surface area contributed by atoms with Gasteiger partial charge in [-0.15, -0.1) is 0 Å². The molecule has 1 aliphatic heterocycles. The fraction of sp³-hybridized carbons (Fsp3) is 0.969. The van der Waals surface area contributed by atoms with E-state index in [1.54, 1.807) is 4.90 Å². The van der Waals surface area contributed by atoms with Gasteiger partial charge >= 0.3 is 6.03 Å².